The third-order valence-corrected chi connectivity index (χ3v) is 3.19. The Morgan fingerprint density at radius 3 is 2.70 bits per heavy atom. The second-order valence-corrected chi connectivity index (χ2v) is 6.09. The molecule has 0 atom stereocenters. The van der Waals surface area contributed by atoms with E-state index in [9.17, 15) is 0 Å². The van der Waals surface area contributed by atoms with Gasteiger partial charge in [-0.25, -0.2) is 4.98 Å². The summed E-state index contributed by atoms with van der Waals surface area (Å²) in [6, 6.07) is 6.19. The Bertz CT molecular complexity index is 597. The van der Waals surface area contributed by atoms with E-state index in [0.29, 0.717) is 12.0 Å². The molecule has 0 aromatic carbocycles. The number of nitrogens with one attached hydrogen (secondary N) is 2. The van der Waals surface area contributed by atoms with Crippen LogP contribution in [0.15, 0.2) is 30.6 Å². The van der Waals surface area contributed by atoms with Gasteiger partial charge in [0.1, 0.15) is 5.82 Å². The minimum atomic E-state index is 0.313. The Kier molecular flexibility index (Phi) is 6.29. The summed E-state index contributed by atoms with van der Waals surface area (Å²) < 4.78 is 0. The molecule has 0 aliphatic carbocycles. The number of nitrogens with zero attached hydrogens (tertiary/aromatic N) is 4. The van der Waals surface area contributed by atoms with Gasteiger partial charge < -0.3 is 15.5 Å². The molecule has 0 spiro atoms. The molecule has 0 aliphatic rings. The zero-order valence-corrected chi connectivity index (χ0v) is 14.4. The first-order valence-electron chi connectivity index (χ1n) is 7.99. The first-order chi connectivity index (χ1) is 11.0. The lowest BCUT2D eigenvalue weighted by molar-refractivity contribution is 0.405. The van der Waals surface area contributed by atoms with E-state index in [2.05, 4.69) is 58.4 Å². The average molecular weight is 314 g/mol. The van der Waals surface area contributed by atoms with E-state index in [1.165, 1.54) is 0 Å². The lowest BCUT2D eigenvalue weighted by Gasteiger charge is -2.14. The van der Waals surface area contributed by atoms with Crippen molar-refractivity contribution in [3.63, 3.8) is 0 Å². The van der Waals surface area contributed by atoms with Crippen molar-refractivity contribution >= 4 is 11.8 Å². The highest BCUT2D eigenvalue weighted by molar-refractivity contribution is 5.63. The first kappa shape index (κ1) is 17.1. The molecule has 124 valence electrons. The molecule has 2 aromatic heterocycles. The van der Waals surface area contributed by atoms with Crippen LogP contribution in [0.4, 0.5) is 11.8 Å². The third-order valence-electron chi connectivity index (χ3n) is 3.19. The van der Waals surface area contributed by atoms with E-state index in [0.717, 1.165) is 36.6 Å². The molecule has 0 amide bonds. The Morgan fingerprint density at radius 2 is 2.04 bits per heavy atom. The van der Waals surface area contributed by atoms with Crippen LogP contribution in [-0.2, 0) is 0 Å². The largest absolute Gasteiger partial charge is 0.368 e. The van der Waals surface area contributed by atoms with Gasteiger partial charge >= 0.3 is 0 Å². The van der Waals surface area contributed by atoms with Gasteiger partial charge in [-0.2, -0.15) is 4.98 Å². The standard InChI is InChI=1S/C17H26N6/c1-13(2)20-16-11-15(14-7-5-8-18-12-14)21-17(22-16)19-9-6-10-23(3)4/h5,7-8,11-13H,6,9-10H2,1-4H3,(H2,19,20,21,22). The topological polar surface area (TPSA) is 66.0 Å². The first-order valence-corrected chi connectivity index (χ1v) is 7.99. The zero-order chi connectivity index (χ0) is 16.7. The summed E-state index contributed by atoms with van der Waals surface area (Å²) in [6.07, 6.45) is 4.62. The van der Waals surface area contributed by atoms with Crippen LogP contribution in [0.5, 0.6) is 0 Å². The Labute approximate surface area is 138 Å². The second-order valence-electron chi connectivity index (χ2n) is 6.09. The van der Waals surface area contributed by atoms with Gasteiger partial charge in [0.05, 0.1) is 5.69 Å². The predicted molar refractivity (Wildman–Crippen MR) is 95.7 cm³/mol. The van der Waals surface area contributed by atoms with Gasteiger partial charge in [-0.05, 0) is 53.0 Å². The second kappa shape index (κ2) is 8.43. The van der Waals surface area contributed by atoms with Crippen LogP contribution in [0.3, 0.4) is 0 Å². The lowest BCUT2D eigenvalue weighted by atomic mass is 10.2. The van der Waals surface area contributed by atoms with Crippen LogP contribution in [0.2, 0.25) is 0 Å². The van der Waals surface area contributed by atoms with Gasteiger partial charge in [-0.15, -0.1) is 0 Å². The third kappa shape index (κ3) is 5.83. The van der Waals surface area contributed by atoms with Crippen molar-refractivity contribution in [1.29, 1.82) is 0 Å². The van der Waals surface area contributed by atoms with Gasteiger partial charge in [0.15, 0.2) is 0 Å². The minimum Gasteiger partial charge on any atom is -0.368 e. The molecule has 2 heterocycles. The molecule has 2 aromatic rings. The van der Waals surface area contributed by atoms with Crippen LogP contribution < -0.4 is 10.6 Å². The molecule has 0 bridgehead atoms. The molecule has 2 N–H and O–H groups in total. The molecule has 0 aliphatic heterocycles. The molecule has 6 heteroatoms. The normalized spacial score (nSPS) is 11.0. The maximum absolute atomic E-state index is 4.61. The van der Waals surface area contributed by atoms with Crippen molar-refractivity contribution in [3.05, 3.63) is 30.6 Å². The fourth-order valence-corrected chi connectivity index (χ4v) is 2.15. The predicted octanol–water partition coefficient (Wildman–Crippen LogP) is 2.72. The van der Waals surface area contributed by atoms with Gasteiger partial charge in [-0.1, -0.05) is 0 Å². The highest BCUT2D eigenvalue weighted by atomic mass is 15.1. The smallest absolute Gasteiger partial charge is 0.225 e. The summed E-state index contributed by atoms with van der Waals surface area (Å²) in [5, 5.41) is 6.66. The van der Waals surface area contributed by atoms with Gasteiger partial charge in [-0.3, -0.25) is 4.98 Å². The molecular weight excluding hydrogens is 288 g/mol. The quantitative estimate of drug-likeness (QED) is 0.730. The monoisotopic (exact) mass is 314 g/mol. The summed E-state index contributed by atoms with van der Waals surface area (Å²) in [6.45, 7) is 6.06. The molecule has 0 radical (unpaired) electrons. The van der Waals surface area contributed by atoms with Crippen LogP contribution in [0, 0.1) is 0 Å². The number of rotatable bonds is 8. The van der Waals surface area contributed by atoms with Crippen LogP contribution in [0.25, 0.3) is 11.3 Å². The summed E-state index contributed by atoms with van der Waals surface area (Å²) >= 11 is 0. The van der Waals surface area contributed by atoms with Crippen LogP contribution >= 0.6 is 0 Å². The summed E-state index contributed by atoms with van der Waals surface area (Å²) in [5.41, 5.74) is 1.85. The molecule has 0 unspecified atom stereocenters. The van der Waals surface area contributed by atoms with Crippen LogP contribution in [-0.4, -0.2) is 53.1 Å². The summed E-state index contributed by atoms with van der Waals surface area (Å²) in [5.74, 6) is 1.47. The number of hydrogen-bond donors (Lipinski definition) is 2. The zero-order valence-electron chi connectivity index (χ0n) is 14.4. The number of hydrogen-bond acceptors (Lipinski definition) is 6. The molecule has 0 saturated heterocycles. The highest BCUT2D eigenvalue weighted by Gasteiger charge is 2.07. The lowest BCUT2D eigenvalue weighted by Crippen LogP contribution is -2.17. The van der Waals surface area contributed by atoms with Crippen molar-refractivity contribution in [3.8, 4) is 11.3 Å². The van der Waals surface area contributed by atoms with E-state index in [1.807, 2.05) is 24.4 Å². The summed E-state index contributed by atoms with van der Waals surface area (Å²) in [4.78, 5) is 15.5. The van der Waals surface area contributed by atoms with Crippen molar-refractivity contribution in [2.45, 2.75) is 26.3 Å². The Balaban J connectivity index is 2.16. The fourth-order valence-electron chi connectivity index (χ4n) is 2.15. The number of pyridine rings is 1. The summed E-state index contributed by atoms with van der Waals surface area (Å²) in [7, 11) is 4.15. The van der Waals surface area contributed by atoms with E-state index in [1.54, 1.807) is 6.20 Å². The fraction of sp³-hybridized carbons (Fsp3) is 0.471. The van der Waals surface area contributed by atoms with E-state index < -0.39 is 0 Å². The van der Waals surface area contributed by atoms with E-state index in [4.69, 9.17) is 0 Å². The Morgan fingerprint density at radius 1 is 1.22 bits per heavy atom. The highest BCUT2D eigenvalue weighted by Crippen LogP contribution is 2.21. The molecule has 0 saturated carbocycles. The molecular formula is C17H26N6. The van der Waals surface area contributed by atoms with Crippen molar-refractivity contribution in [1.82, 2.24) is 19.9 Å². The minimum absolute atomic E-state index is 0.313. The molecule has 6 nitrogen and oxygen atoms in total. The molecule has 23 heavy (non-hydrogen) atoms. The Hall–Kier alpha value is -2.21. The van der Waals surface area contributed by atoms with Crippen molar-refractivity contribution < 1.29 is 0 Å². The maximum atomic E-state index is 4.61. The van der Waals surface area contributed by atoms with E-state index in [-0.39, 0.29) is 0 Å². The van der Waals surface area contributed by atoms with Gasteiger partial charge in [0.25, 0.3) is 0 Å². The van der Waals surface area contributed by atoms with Gasteiger partial charge in [0.2, 0.25) is 5.95 Å². The van der Waals surface area contributed by atoms with Crippen molar-refractivity contribution in [2.24, 2.45) is 0 Å². The number of anilines is 2. The van der Waals surface area contributed by atoms with E-state index >= 15 is 0 Å². The molecule has 0 fully saturated rings. The number of aromatic nitrogens is 3. The molecule has 2 rings (SSSR count). The SMILES string of the molecule is CC(C)Nc1cc(-c2cccnc2)nc(NCCCN(C)C)n1. The van der Waals surface area contributed by atoms with Crippen molar-refractivity contribution in [2.75, 3.05) is 37.8 Å². The maximum Gasteiger partial charge on any atom is 0.225 e. The van der Waals surface area contributed by atoms with Gasteiger partial charge in [0, 0.05) is 36.6 Å². The van der Waals surface area contributed by atoms with Crippen LogP contribution in [0.1, 0.15) is 20.3 Å². The average Bonchev–Trinajstić information content (AvgIpc) is 2.51.